The van der Waals surface area contributed by atoms with Gasteiger partial charge >= 0.3 is 6.09 Å². The Balaban J connectivity index is 1.89. The minimum Gasteiger partial charge on any atom is -0.444 e. The molecule has 3 atom stereocenters. The van der Waals surface area contributed by atoms with E-state index in [9.17, 15) is 4.79 Å². The molecule has 23 heavy (non-hydrogen) atoms. The molecule has 1 aromatic rings. The first kappa shape index (κ1) is 18.2. The number of ether oxygens (including phenoxy) is 2. The Morgan fingerprint density at radius 3 is 2.78 bits per heavy atom. The fourth-order valence-corrected chi connectivity index (χ4v) is 3.31. The van der Waals surface area contributed by atoms with Crippen LogP contribution >= 0.6 is 11.3 Å². The Morgan fingerprint density at radius 2 is 2.22 bits per heavy atom. The highest BCUT2D eigenvalue weighted by Crippen LogP contribution is 2.26. The van der Waals surface area contributed by atoms with E-state index in [0.717, 1.165) is 18.7 Å². The molecule has 130 valence electrons. The number of thiazole rings is 1. The van der Waals surface area contributed by atoms with Gasteiger partial charge in [0, 0.05) is 18.0 Å². The lowest BCUT2D eigenvalue weighted by atomic mass is 9.82. The third kappa shape index (κ3) is 5.16. The molecule has 1 saturated carbocycles. The minimum absolute atomic E-state index is 0.0228. The van der Waals surface area contributed by atoms with Gasteiger partial charge in [0.1, 0.15) is 5.60 Å². The molecule has 6 nitrogen and oxygen atoms in total. The number of hydrogen-bond acceptors (Lipinski definition) is 6. The van der Waals surface area contributed by atoms with Crippen LogP contribution in [-0.2, 0) is 16.0 Å². The zero-order valence-electron chi connectivity index (χ0n) is 14.5. The van der Waals surface area contributed by atoms with E-state index in [-0.39, 0.29) is 24.3 Å². The summed E-state index contributed by atoms with van der Waals surface area (Å²) in [6.45, 7) is 11.0. The van der Waals surface area contributed by atoms with Gasteiger partial charge in [0.05, 0.1) is 29.4 Å². The largest absolute Gasteiger partial charge is 0.444 e. The van der Waals surface area contributed by atoms with Gasteiger partial charge in [0.15, 0.2) is 0 Å². The number of nitrogens with zero attached hydrogens (tertiary/aromatic N) is 1. The van der Waals surface area contributed by atoms with E-state index in [2.05, 4.69) is 15.6 Å². The molecule has 0 aromatic carbocycles. The van der Waals surface area contributed by atoms with Gasteiger partial charge in [-0.15, -0.1) is 11.3 Å². The Bertz CT molecular complexity index is 527. The standard InChI is InChI=1S/C16H27N3O3S/c1-6-21-12-7-11(19-15(20)22-16(3,4)5)14(12)17-8-13-10(2)18-9-23-13/h9,11-12,14,17H,6-8H2,1-5H3,(H,19,20). The molecule has 0 saturated heterocycles. The van der Waals surface area contributed by atoms with E-state index in [1.165, 1.54) is 4.88 Å². The number of aryl methyl sites for hydroxylation is 1. The highest BCUT2D eigenvalue weighted by atomic mass is 32.1. The summed E-state index contributed by atoms with van der Waals surface area (Å²) in [5.74, 6) is 0. The normalized spacial score (nSPS) is 24.1. The first-order valence-electron chi connectivity index (χ1n) is 8.03. The van der Waals surface area contributed by atoms with Crippen LogP contribution in [0.2, 0.25) is 0 Å². The van der Waals surface area contributed by atoms with Gasteiger partial charge in [-0.25, -0.2) is 9.78 Å². The number of hydrogen-bond donors (Lipinski definition) is 2. The van der Waals surface area contributed by atoms with Crippen molar-refractivity contribution in [1.29, 1.82) is 0 Å². The van der Waals surface area contributed by atoms with E-state index in [0.29, 0.717) is 6.61 Å². The molecule has 3 unspecified atom stereocenters. The van der Waals surface area contributed by atoms with Crippen molar-refractivity contribution >= 4 is 17.4 Å². The van der Waals surface area contributed by atoms with Crippen molar-refractivity contribution in [3.8, 4) is 0 Å². The zero-order valence-corrected chi connectivity index (χ0v) is 15.3. The maximum atomic E-state index is 11.9. The lowest BCUT2D eigenvalue weighted by Crippen LogP contribution is -2.66. The third-order valence-electron chi connectivity index (χ3n) is 3.75. The molecule has 1 aliphatic rings. The van der Waals surface area contributed by atoms with Crippen LogP contribution in [0.3, 0.4) is 0 Å². The molecule has 2 N–H and O–H groups in total. The summed E-state index contributed by atoms with van der Waals surface area (Å²) in [6, 6.07) is 0.110. The molecule has 1 aromatic heterocycles. The third-order valence-corrected chi connectivity index (χ3v) is 4.68. The fraction of sp³-hybridized carbons (Fsp3) is 0.750. The molecule has 1 aliphatic carbocycles. The maximum Gasteiger partial charge on any atom is 0.407 e. The van der Waals surface area contributed by atoms with Crippen LogP contribution in [-0.4, -0.2) is 41.5 Å². The molecule has 0 aliphatic heterocycles. The van der Waals surface area contributed by atoms with E-state index in [1.54, 1.807) is 11.3 Å². The Morgan fingerprint density at radius 1 is 1.48 bits per heavy atom. The number of amides is 1. The molecule has 0 spiro atoms. The van der Waals surface area contributed by atoms with Crippen molar-refractivity contribution < 1.29 is 14.3 Å². The Hall–Kier alpha value is -1.18. The quantitative estimate of drug-likeness (QED) is 0.832. The van der Waals surface area contributed by atoms with Crippen molar-refractivity contribution in [2.24, 2.45) is 0 Å². The molecule has 0 radical (unpaired) electrons. The molecular weight excluding hydrogens is 314 g/mol. The number of nitrogens with one attached hydrogen (secondary N) is 2. The summed E-state index contributed by atoms with van der Waals surface area (Å²) in [5, 5.41) is 6.43. The number of alkyl carbamates (subject to hydrolysis) is 1. The second-order valence-corrected chi connectivity index (χ2v) is 7.69. The average molecular weight is 341 g/mol. The first-order chi connectivity index (χ1) is 10.8. The van der Waals surface area contributed by atoms with Crippen LogP contribution in [0.25, 0.3) is 0 Å². The molecule has 1 amide bonds. The second kappa shape index (κ2) is 7.59. The van der Waals surface area contributed by atoms with Crippen LogP contribution in [0.5, 0.6) is 0 Å². The highest BCUT2D eigenvalue weighted by molar-refractivity contribution is 7.09. The van der Waals surface area contributed by atoms with Crippen LogP contribution < -0.4 is 10.6 Å². The second-order valence-electron chi connectivity index (χ2n) is 6.75. The molecule has 1 fully saturated rings. The van der Waals surface area contributed by atoms with Gasteiger partial charge in [0.25, 0.3) is 0 Å². The van der Waals surface area contributed by atoms with E-state index in [4.69, 9.17) is 9.47 Å². The maximum absolute atomic E-state index is 11.9. The predicted octanol–water partition coefficient (Wildman–Crippen LogP) is 2.61. The summed E-state index contributed by atoms with van der Waals surface area (Å²) in [6.07, 6.45) is 0.540. The van der Waals surface area contributed by atoms with Crippen molar-refractivity contribution in [1.82, 2.24) is 15.6 Å². The monoisotopic (exact) mass is 341 g/mol. The molecule has 0 bridgehead atoms. The average Bonchev–Trinajstić information content (AvgIpc) is 2.81. The van der Waals surface area contributed by atoms with Gasteiger partial charge in [-0.1, -0.05) is 0 Å². The number of rotatable bonds is 6. The van der Waals surface area contributed by atoms with E-state index < -0.39 is 5.60 Å². The lowest BCUT2D eigenvalue weighted by Gasteiger charge is -2.44. The Labute approximate surface area is 142 Å². The van der Waals surface area contributed by atoms with Gasteiger partial charge in [-0.05, 0) is 41.0 Å². The van der Waals surface area contributed by atoms with Crippen LogP contribution in [0.4, 0.5) is 4.79 Å². The number of carbonyl (C=O) groups excluding carboxylic acids is 1. The van der Waals surface area contributed by atoms with Crippen LogP contribution in [0.15, 0.2) is 5.51 Å². The fourth-order valence-electron chi connectivity index (χ4n) is 2.58. The van der Waals surface area contributed by atoms with Crippen molar-refractivity contribution in [3.05, 3.63) is 16.1 Å². The van der Waals surface area contributed by atoms with Crippen molar-refractivity contribution in [3.63, 3.8) is 0 Å². The summed E-state index contributed by atoms with van der Waals surface area (Å²) in [7, 11) is 0. The number of aromatic nitrogens is 1. The van der Waals surface area contributed by atoms with Crippen molar-refractivity contribution in [2.45, 2.75) is 71.4 Å². The highest BCUT2D eigenvalue weighted by Gasteiger charge is 2.43. The molecular formula is C16H27N3O3S. The minimum atomic E-state index is -0.490. The van der Waals surface area contributed by atoms with Crippen LogP contribution in [0, 0.1) is 6.92 Å². The smallest absolute Gasteiger partial charge is 0.407 e. The lowest BCUT2D eigenvalue weighted by molar-refractivity contribution is -0.0437. The van der Waals surface area contributed by atoms with Gasteiger partial charge in [-0.3, -0.25) is 0 Å². The summed E-state index contributed by atoms with van der Waals surface area (Å²) in [5.41, 5.74) is 2.41. The summed E-state index contributed by atoms with van der Waals surface area (Å²) in [4.78, 5) is 17.4. The van der Waals surface area contributed by atoms with Gasteiger partial charge < -0.3 is 20.1 Å². The van der Waals surface area contributed by atoms with Crippen LogP contribution in [0.1, 0.15) is 44.7 Å². The summed E-state index contributed by atoms with van der Waals surface area (Å²) < 4.78 is 11.1. The summed E-state index contributed by atoms with van der Waals surface area (Å²) >= 11 is 1.64. The topological polar surface area (TPSA) is 72.5 Å². The van der Waals surface area contributed by atoms with Gasteiger partial charge in [-0.2, -0.15) is 0 Å². The molecule has 7 heteroatoms. The molecule has 2 rings (SSSR count). The number of carbonyl (C=O) groups is 1. The first-order valence-corrected chi connectivity index (χ1v) is 8.91. The van der Waals surface area contributed by atoms with E-state index in [1.807, 2.05) is 40.1 Å². The zero-order chi connectivity index (χ0) is 17.0. The Kier molecular flexibility index (Phi) is 6.00. The SMILES string of the molecule is CCOC1CC(NC(=O)OC(C)(C)C)C1NCc1scnc1C. The van der Waals surface area contributed by atoms with Crippen molar-refractivity contribution in [2.75, 3.05) is 6.61 Å². The van der Waals surface area contributed by atoms with Gasteiger partial charge in [0.2, 0.25) is 0 Å². The predicted molar refractivity (Wildman–Crippen MR) is 90.7 cm³/mol. The van der Waals surface area contributed by atoms with E-state index >= 15 is 0 Å². The molecule has 1 heterocycles.